The second kappa shape index (κ2) is 9.40. The number of hydrogen-bond donors (Lipinski definition) is 2. The Morgan fingerprint density at radius 3 is 2.35 bits per heavy atom. The molecule has 4 aromatic rings. The number of phenols is 1. The van der Waals surface area contributed by atoms with Gasteiger partial charge in [-0.15, -0.1) is 0 Å². The highest BCUT2D eigenvalue weighted by atomic mass is 35.5. The van der Waals surface area contributed by atoms with Gasteiger partial charge in [-0.1, -0.05) is 54.1 Å². The number of benzene rings is 3. The van der Waals surface area contributed by atoms with E-state index in [1.807, 2.05) is 37.4 Å². The van der Waals surface area contributed by atoms with Crippen LogP contribution in [0.1, 0.15) is 16.9 Å². The summed E-state index contributed by atoms with van der Waals surface area (Å²) in [6.07, 6.45) is -5.03. The van der Waals surface area contributed by atoms with Gasteiger partial charge >= 0.3 is 6.18 Å². The first-order valence-electron chi connectivity index (χ1n) is 10.3. The minimum absolute atomic E-state index is 0.0349. The van der Waals surface area contributed by atoms with E-state index in [9.17, 15) is 23.1 Å². The van der Waals surface area contributed by atoms with Crippen molar-refractivity contribution >= 4 is 22.6 Å². The zero-order chi connectivity index (χ0) is 24.5. The van der Waals surface area contributed by atoms with E-state index in [2.05, 4.69) is 0 Å². The third kappa shape index (κ3) is 4.88. The molecule has 0 amide bonds. The summed E-state index contributed by atoms with van der Waals surface area (Å²) in [4.78, 5) is 14.0. The number of ether oxygens (including phenoxy) is 1. The van der Waals surface area contributed by atoms with Crippen LogP contribution in [-0.4, -0.2) is 12.2 Å². The summed E-state index contributed by atoms with van der Waals surface area (Å²) in [5.74, 6) is -3.00. The molecule has 0 spiro atoms. The van der Waals surface area contributed by atoms with Gasteiger partial charge in [-0.3, -0.25) is 4.79 Å². The predicted octanol–water partition coefficient (Wildman–Crippen LogP) is 5.18. The summed E-state index contributed by atoms with van der Waals surface area (Å²) in [5, 5.41) is 10.3. The molecule has 0 aliphatic heterocycles. The van der Waals surface area contributed by atoms with Gasteiger partial charge in [-0.05, 0) is 24.3 Å². The molecular weight excluding hydrogens is 471 g/mol. The molecule has 0 saturated heterocycles. The van der Waals surface area contributed by atoms with Crippen molar-refractivity contribution < 1.29 is 32.3 Å². The topological polar surface area (TPSA) is 64.1 Å². The minimum atomic E-state index is -5.03. The van der Waals surface area contributed by atoms with Gasteiger partial charge in [0.25, 0.3) is 5.76 Å². The van der Waals surface area contributed by atoms with Crippen molar-refractivity contribution in [1.82, 2.24) is 0 Å². The zero-order valence-electron chi connectivity index (χ0n) is 17.9. The summed E-state index contributed by atoms with van der Waals surface area (Å²) in [6, 6.07) is 17.8. The second-order valence-electron chi connectivity index (χ2n) is 7.86. The number of alkyl halides is 3. The van der Waals surface area contributed by atoms with Crippen LogP contribution in [0.4, 0.5) is 13.2 Å². The first-order valence-corrected chi connectivity index (χ1v) is 10.7. The lowest BCUT2D eigenvalue weighted by Crippen LogP contribution is -3.06. The summed E-state index contributed by atoms with van der Waals surface area (Å²) < 4.78 is 52.3. The Morgan fingerprint density at radius 1 is 1.00 bits per heavy atom. The number of hydrogen-bond acceptors (Lipinski definition) is 4. The highest BCUT2D eigenvalue weighted by Gasteiger charge is 2.41. The van der Waals surface area contributed by atoms with Crippen LogP contribution in [0.15, 0.2) is 75.9 Å². The molecule has 1 unspecified atom stereocenters. The summed E-state index contributed by atoms with van der Waals surface area (Å²) in [5.41, 5.74) is -0.253. The van der Waals surface area contributed by atoms with E-state index < -0.39 is 23.1 Å². The van der Waals surface area contributed by atoms with Crippen molar-refractivity contribution in [3.63, 3.8) is 0 Å². The summed E-state index contributed by atoms with van der Waals surface area (Å²) in [6.45, 7) is 0.656. The molecule has 4 rings (SSSR count). The molecule has 0 radical (unpaired) electrons. The summed E-state index contributed by atoms with van der Waals surface area (Å²) in [7, 11) is 1.82. The molecule has 0 bridgehead atoms. The fourth-order valence-electron chi connectivity index (χ4n) is 3.68. The number of rotatable bonds is 6. The van der Waals surface area contributed by atoms with Crippen molar-refractivity contribution in [2.24, 2.45) is 0 Å². The van der Waals surface area contributed by atoms with Crippen LogP contribution >= 0.6 is 11.6 Å². The van der Waals surface area contributed by atoms with Crippen molar-refractivity contribution in [2.75, 3.05) is 7.05 Å². The van der Waals surface area contributed by atoms with Crippen molar-refractivity contribution in [1.29, 1.82) is 0 Å². The Labute approximate surface area is 197 Å². The molecule has 0 fully saturated rings. The molecule has 1 aromatic heterocycles. The predicted molar refractivity (Wildman–Crippen MR) is 121 cm³/mol. The Bertz CT molecular complexity index is 1390. The van der Waals surface area contributed by atoms with Crippen LogP contribution in [0.2, 0.25) is 5.02 Å². The first kappa shape index (κ1) is 23.7. The van der Waals surface area contributed by atoms with Crippen molar-refractivity contribution in [3.8, 4) is 17.2 Å². The zero-order valence-corrected chi connectivity index (χ0v) is 18.7. The van der Waals surface area contributed by atoms with E-state index in [4.69, 9.17) is 20.8 Å². The van der Waals surface area contributed by atoms with Crippen LogP contribution in [0.5, 0.6) is 17.2 Å². The standard InChI is InChI=1S/C25H19ClF3NO4/c1-30(13-15-7-3-2-4-8-15)14-17-19(31)12-11-16-21(32)23(24(25(27,28)29)34-22(16)17)33-20-10-6-5-9-18(20)26/h2-12,31H,13-14H2,1H3/p+1. The number of para-hydroxylation sites is 1. The number of phenolic OH excluding ortho intramolecular Hbond substituents is 1. The number of quaternary nitrogens is 1. The molecule has 1 atom stereocenters. The maximum atomic E-state index is 13.9. The van der Waals surface area contributed by atoms with E-state index in [1.54, 1.807) is 6.07 Å². The van der Waals surface area contributed by atoms with Gasteiger partial charge in [-0.2, -0.15) is 13.2 Å². The third-order valence-electron chi connectivity index (χ3n) is 5.23. The van der Waals surface area contributed by atoms with Gasteiger partial charge in [0.05, 0.1) is 23.0 Å². The van der Waals surface area contributed by atoms with Crippen molar-refractivity contribution in [2.45, 2.75) is 19.3 Å². The molecule has 0 saturated carbocycles. The lowest BCUT2D eigenvalue weighted by atomic mass is 10.1. The Balaban J connectivity index is 1.83. The maximum Gasteiger partial charge on any atom is 0.453 e. The van der Waals surface area contributed by atoms with Crippen LogP contribution in [0.3, 0.4) is 0 Å². The monoisotopic (exact) mass is 490 g/mol. The molecule has 9 heteroatoms. The van der Waals surface area contributed by atoms with E-state index >= 15 is 0 Å². The van der Waals surface area contributed by atoms with Crippen LogP contribution in [0.25, 0.3) is 11.0 Å². The molecular formula is C25H20ClF3NO4+. The minimum Gasteiger partial charge on any atom is -0.507 e. The van der Waals surface area contributed by atoms with Gasteiger partial charge in [0.2, 0.25) is 11.2 Å². The maximum absolute atomic E-state index is 13.9. The van der Waals surface area contributed by atoms with Crippen molar-refractivity contribution in [3.05, 3.63) is 98.9 Å². The highest BCUT2D eigenvalue weighted by molar-refractivity contribution is 6.32. The smallest absolute Gasteiger partial charge is 0.453 e. The lowest BCUT2D eigenvalue weighted by Gasteiger charge is -2.18. The first-order chi connectivity index (χ1) is 16.1. The normalized spacial score (nSPS) is 12.6. The van der Waals surface area contributed by atoms with Crippen LogP contribution in [0, 0.1) is 0 Å². The van der Waals surface area contributed by atoms with E-state index in [0.717, 1.165) is 10.5 Å². The molecule has 176 valence electrons. The lowest BCUT2D eigenvalue weighted by molar-refractivity contribution is -0.907. The van der Waals surface area contributed by atoms with Crippen LogP contribution in [-0.2, 0) is 19.3 Å². The number of fused-ring (bicyclic) bond motifs is 1. The number of aromatic hydroxyl groups is 1. The SMILES string of the molecule is C[NH+](Cc1ccccc1)Cc1c(O)ccc2c(=O)c(Oc3ccccc3Cl)c(C(F)(F)F)oc12. The average Bonchev–Trinajstić information content (AvgIpc) is 2.78. The number of nitrogens with one attached hydrogen (secondary N) is 1. The van der Waals surface area contributed by atoms with Gasteiger partial charge in [0.15, 0.2) is 5.58 Å². The van der Waals surface area contributed by atoms with Crippen LogP contribution < -0.4 is 15.1 Å². The fourth-order valence-corrected chi connectivity index (χ4v) is 3.86. The van der Waals surface area contributed by atoms with E-state index in [1.165, 1.54) is 30.3 Å². The summed E-state index contributed by atoms with van der Waals surface area (Å²) >= 11 is 6.01. The molecule has 3 aromatic carbocycles. The van der Waals surface area contributed by atoms with Gasteiger partial charge in [-0.25, -0.2) is 0 Å². The largest absolute Gasteiger partial charge is 0.507 e. The molecule has 1 heterocycles. The fraction of sp³-hybridized carbons (Fsp3) is 0.160. The van der Waals surface area contributed by atoms with Gasteiger partial charge in [0, 0.05) is 5.56 Å². The van der Waals surface area contributed by atoms with E-state index in [0.29, 0.717) is 6.54 Å². The average molecular weight is 491 g/mol. The number of halogens is 4. The highest BCUT2D eigenvalue weighted by Crippen LogP contribution is 2.40. The Hall–Kier alpha value is -3.49. The molecule has 34 heavy (non-hydrogen) atoms. The second-order valence-corrected chi connectivity index (χ2v) is 8.26. The van der Waals surface area contributed by atoms with Gasteiger partial charge in [0.1, 0.15) is 24.6 Å². The third-order valence-corrected chi connectivity index (χ3v) is 5.54. The molecule has 2 N–H and O–H groups in total. The Morgan fingerprint density at radius 2 is 1.68 bits per heavy atom. The molecule has 0 aliphatic carbocycles. The molecule has 0 aliphatic rings. The molecule has 5 nitrogen and oxygen atoms in total. The Kier molecular flexibility index (Phi) is 6.54. The van der Waals surface area contributed by atoms with Gasteiger partial charge < -0.3 is 19.2 Å². The quantitative estimate of drug-likeness (QED) is 0.391. The van der Waals surface area contributed by atoms with E-state index in [-0.39, 0.29) is 39.6 Å².